The molecule has 0 bridgehead atoms. The van der Waals surface area contributed by atoms with Gasteiger partial charge in [-0.25, -0.2) is 0 Å². The molecule has 0 spiro atoms. The first-order valence-electron chi connectivity index (χ1n) is 0.252. The van der Waals surface area contributed by atoms with Crippen LogP contribution in [0.3, 0.4) is 0 Å². The Morgan fingerprint density at radius 1 is 0.600 bits per heavy atom. The van der Waals surface area contributed by atoms with Gasteiger partial charge in [0.05, 0.1) is 0 Å². The molecule has 0 amide bonds. The molecule has 0 saturated heterocycles. The van der Waals surface area contributed by atoms with E-state index in [2.05, 4.69) is 0 Å². The van der Waals surface area contributed by atoms with Gasteiger partial charge >= 0.3 is 33.2 Å². The predicted molar refractivity (Wildman–Crippen MR) is 38.4 cm³/mol. The summed E-state index contributed by atoms with van der Waals surface area (Å²) in [5, 5.41) is 0. The molecule has 0 aromatic heterocycles. The van der Waals surface area contributed by atoms with E-state index in [0.717, 1.165) is 0 Å². The van der Waals surface area contributed by atoms with Crippen LogP contribution in [-0.2, 0) is 12.9 Å². The molecule has 0 rings (SSSR count). The van der Waals surface area contributed by atoms with E-state index in [0.29, 0.717) is 12.9 Å². The summed E-state index contributed by atoms with van der Waals surface area (Å²) < 4.78 is 0. The first kappa shape index (κ1) is 132. The second kappa shape index (κ2) is 233. The zero-order valence-corrected chi connectivity index (χ0v) is 7.35. The molecule has 0 saturated carbocycles. The molecule has 0 aliphatic carbocycles. The Kier molecular flexibility index (Phi) is 3070. The van der Waals surface area contributed by atoms with Gasteiger partial charge in [0.1, 0.15) is 0 Å². The third-order valence-corrected chi connectivity index (χ3v) is 0. The van der Waals surface area contributed by atoms with Gasteiger partial charge in [-0.2, -0.15) is 0 Å². The van der Waals surface area contributed by atoms with Crippen molar-refractivity contribution in [3.8, 4) is 0 Å². The van der Waals surface area contributed by atoms with Crippen LogP contribution in [-0.4, -0.2) is 32.9 Å². The molecule has 0 heterocycles. The van der Waals surface area contributed by atoms with E-state index in [4.69, 9.17) is 20.3 Å². The van der Waals surface area contributed by atoms with Crippen LogP contribution in [0.2, 0.25) is 0 Å². The van der Waals surface area contributed by atoms with E-state index in [1.165, 1.54) is 0 Å². The van der Waals surface area contributed by atoms with Crippen molar-refractivity contribution in [3.05, 3.63) is 0 Å². The van der Waals surface area contributed by atoms with E-state index < -0.39 is 0 Å². The van der Waals surface area contributed by atoms with Gasteiger partial charge in [0.15, 0.2) is 0 Å². The van der Waals surface area contributed by atoms with Gasteiger partial charge in [0, 0.05) is 0 Å². The molecule has 10 heavy (non-hydrogen) atoms. The Hall–Kier alpha value is 0.806. The van der Waals surface area contributed by atoms with E-state index >= 15 is 0 Å². The fraction of sp³-hybridized carbons (Fsp3) is 0. The average molecular weight is 255 g/mol. The fourth-order valence-corrected chi connectivity index (χ4v) is 0. The third kappa shape index (κ3) is 825. The average Bonchev–Trinajstić information content (AvgIpc) is 0.918. The topological polar surface area (TPSA) is 224 Å². The van der Waals surface area contributed by atoms with Gasteiger partial charge in [0.25, 0.3) is 0 Å². The molecule has 0 aliphatic rings. The van der Waals surface area contributed by atoms with Crippen molar-refractivity contribution >= 4 is 20.3 Å². The third-order valence-electron chi connectivity index (χ3n) is 0. The van der Waals surface area contributed by atoms with Crippen LogP contribution in [0.1, 0.15) is 0 Å². The number of rotatable bonds is 0. The Labute approximate surface area is 72.6 Å². The van der Waals surface area contributed by atoms with Crippen LogP contribution in [0, 0.1) is 0 Å². The summed E-state index contributed by atoms with van der Waals surface area (Å²) in [6.45, 7) is 0. The monoisotopic (exact) mass is 254 g/mol. The number of hydrogen-bond donors (Lipinski definition) is 1. The molecule has 0 radical (unpaired) electrons. The zero-order chi connectivity index (χ0) is 2.71. The van der Waals surface area contributed by atoms with Crippen LogP contribution in [0.25, 0.3) is 0 Å². The molecule has 79 valence electrons. The first-order chi connectivity index (χ1) is 1.41. The number of halogens is 2. The summed E-state index contributed by atoms with van der Waals surface area (Å²) in [5.74, 6) is 0. The van der Waals surface area contributed by atoms with E-state index in [1.54, 1.807) is 0 Å². The van der Waals surface area contributed by atoms with Crippen molar-refractivity contribution in [2.45, 2.75) is 0 Å². The maximum atomic E-state index is 4.73. The molecular weight excluding hydrogens is 240 g/mol. The van der Waals surface area contributed by atoms with Gasteiger partial charge in [-0.1, -0.05) is 0 Å². The summed E-state index contributed by atoms with van der Waals surface area (Å²) in [5.41, 5.74) is 0. The van der Waals surface area contributed by atoms with Crippen molar-refractivity contribution in [2.75, 3.05) is 0 Å². The van der Waals surface area contributed by atoms with Gasteiger partial charge in [-0.3, -0.25) is 0 Å². The number of hydrogen-bond acceptors (Lipinski definition) is 1. The van der Waals surface area contributed by atoms with Gasteiger partial charge in [-0.15, -0.1) is 0 Å². The Morgan fingerprint density at radius 2 is 0.600 bits per heavy atom. The van der Waals surface area contributed by atoms with Crippen molar-refractivity contribution < 1.29 is 45.7 Å². The second-order valence-corrected chi connectivity index (χ2v) is 1.77. The summed E-state index contributed by atoms with van der Waals surface area (Å²) in [7, 11) is 9.47. The van der Waals surface area contributed by atoms with Gasteiger partial charge in [0.2, 0.25) is 0 Å². The standard InChI is InChI=1S/2ClH.Co.H3N.6H2O/h2*1H;;1H3;6*1H2/q;;+2;;;;;;;/p-2. The molecule has 0 unspecified atom stereocenters. The van der Waals surface area contributed by atoms with Crippen LogP contribution in [0.5, 0.6) is 0 Å². The van der Waals surface area contributed by atoms with Crippen molar-refractivity contribution in [1.82, 2.24) is 6.15 Å². The second-order valence-electron chi connectivity index (χ2n) is 0.0476. The van der Waals surface area contributed by atoms with Crippen molar-refractivity contribution in [3.63, 3.8) is 0 Å². The molecular formula is H15Cl2CoNO6. The Morgan fingerprint density at radius 3 is 0.600 bits per heavy atom. The normalized spacial score (nSPS) is 2.20. The molecule has 7 nitrogen and oxygen atoms in total. The van der Waals surface area contributed by atoms with Gasteiger partial charge < -0.3 is 39.0 Å². The SMILES string of the molecule is N.O.O.O.O.O.O.[Cl][Co][Cl]. The van der Waals surface area contributed by atoms with Crippen molar-refractivity contribution in [1.29, 1.82) is 0 Å². The minimum absolute atomic E-state index is 0. The van der Waals surface area contributed by atoms with Crippen LogP contribution in [0.15, 0.2) is 0 Å². The molecule has 0 aromatic rings. The molecule has 10 heteroatoms. The summed E-state index contributed by atoms with van der Waals surface area (Å²) in [6, 6.07) is 0. The molecule has 0 atom stereocenters. The zero-order valence-electron chi connectivity index (χ0n) is 4.80. The van der Waals surface area contributed by atoms with E-state index in [-0.39, 0.29) is 39.0 Å². The molecule has 0 aliphatic heterocycles. The Bertz CT molecular complexity index is 15.7. The molecule has 0 fully saturated rings. The van der Waals surface area contributed by atoms with E-state index in [9.17, 15) is 0 Å². The Balaban J connectivity index is -0.000000000952. The van der Waals surface area contributed by atoms with Crippen LogP contribution >= 0.6 is 20.3 Å². The summed E-state index contributed by atoms with van der Waals surface area (Å²) in [6.07, 6.45) is 0. The maximum absolute atomic E-state index is 4.73. The van der Waals surface area contributed by atoms with Gasteiger partial charge in [-0.05, 0) is 0 Å². The summed E-state index contributed by atoms with van der Waals surface area (Å²) in [4.78, 5) is 0. The molecule has 15 N–H and O–H groups in total. The fourth-order valence-electron chi connectivity index (χ4n) is 0. The summed E-state index contributed by atoms with van der Waals surface area (Å²) >= 11 is 0.382. The molecule has 0 aromatic carbocycles. The van der Waals surface area contributed by atoms with Crippen molar-refractivity contribution in [2.24, 2.45) is 0 Å². The first-order valence-corrected chi connectivity index (χ1v) is 3.12. The quantitative estimate of drug-likeness (QED) is 0.458. The van der Waals surface area contributed by atoms with Crippen LogP contribution < -0.4 is 6.15 Å². The van der Waals surface area contributed by atoms with Crippen LogP contribution in [0.4, 0.5) is 0 Å². The predicted octanol–water partition coefficient (Wildman–Crippen LogP) is -3.41. The van der Waals surface area contributed by atoms with E-state index in [1.807, 2.05) is 0 Å². The minimum atomic E-state index is 0.